The van der Waals surface area contributed by atoms with Gasteiger partial charge >= 0.3 is 0 Å². The van der Waals surface area contributed by atoms with E-state index in [2.05, 4.69) is 28.9 Å². The van der Waals surface area contributed by atoms with Crippen LogP contribution in [0.1, 0.15) is 31.0 Å². The first-order valence-electron chi connectivity index (χ1n) is 5.14. The molecule has 0 spiro atoms. The average Bonchev–Trinajstić information content (AvgIpc) is 2.18. The molecule has 0 saturated carbocycles. The molecule has 1 aromatic carbocycles. The maximum atomic E-state index is 6.06. The molecule has 0 fully saturated rings. The third-order valence-corrected chi connectivity index (χ3v) is 3.31. The van der Waals surface area contributed by atoms with Crippen molar-refractivity contribution in [1.82, 2.24) is 0 Å². The van der Waals surface area contributed by atoms with Gasteiger partial charge in [0.25, 0.3) is 0 Å². The van der Waals surface area contributed by atoms with E-state index in [0.717, 1.165) is 10.0 Å². The molecule has 2 N–H and O–H groups in total. The fraction of sp³-hybridized carbons (Fsp3) is 0.500. The fourth-order valence-electron chi connectivity index (χ4n) is 1.34. The van der Waals surface area contributed by atoms with Crippen molar-refractivity contribution in [3.8, 4) is 0 Å². The van der Waals surface area contributed by atoms with Crippen LogP contribution in [0.3, 0.4) is 0 Å². The maximum absolute atomic E-state index is 6.06. The highest BCUT2D eigenvalue weighted by atomic mass is 79.9. The highest BCUT2D eigenvalue weighted by Gasteiger charge is 2.11. The molecule has 0 radical (unpaired) electrons. The molecule has 0 saturated heterocycles. The number of halogens is 1. The van der Waals surface area contributed by atoms with Gasteiger partial charge < -0.3 is 10.5 Å². The molecule has 1 atom stereocenters. The lowest BCUT2D eigenvalue weighted by molar-refractivity contribution is 0.0682. The number of aryl methyl sites for hydroxylation is 1. The molecule has 0 heterocycles. The van der Waals surface area contributed by atoms with Crippen LogP contribution in [-0.4, -0.2) is 12.7 Å². The van der Waals surface area contributed by atoms with Crippen LogP contribution in [0.15, 0.2) is 22.7 Å². The molecule has 15 heavy (non-hydrogen) atoms. The van der Waals surface area contributed by atoms with Gasteiger partial charge in [-0.05, 0) is 31.9 Å². The van der Waals surface area contributed by atoms with Crippen LogP contribution in [0, 0.1) is 6.92 Å². The Kier molecular flexibility index (Phi) is 4.77. The first kappa shape index (κ1) is 12.7. The van der Waals surface area contributed by atoms with Gasteiger partial charge in [0.05, 0.1) is 18.8 Å². The van der Waals surface area contributed by atoms with Crippen molar-refractivity contribution >= 4 is 15.9 Å². The number of ether oxygens (including phenoxy) is 1. The van der Waals surface area contributed by atoms with Crippen molar-refractivity contribution in [3.63, 3.8) is 0 Å². The summed E-state index contributed by atoms with van der Waals surface area (Å²) in [7, 11) is 0. The predicted molar refractivity (Wildman–Crippen MR) is 66.9 cm³/mol. The van der Waals surface area contributed by atoms with Crippen LogP contribution in [-0.2, 0) is 4.74 Å². The average molecular weight is 272 g/mol. The molecular weight excluding hydrogens is 254 g/mol. The maximum Gasteiger partial charge on any atom is 0.0663 e. The Labute approximate surface area is 99.9 Å². The summed E-state index contributed by atoms with van der Waals surface area (Å²) in [6.45, 7) is 6.64. The standard InChI is InChI=1S/C12H18BrNO/c1-8(2)15-7-11(14)10-6-4-5-9(3)12(10)13/h4-6,8,11H,7,14H2,1-3H3. The topological polar surface area (TPSA) is 35.2 Å². The second-order valence-corrected chi connectivity index (χ2v) is 4.76. The normalized spacial score (nSPS) is 13.2. The van der Waals surface area contributed by atoms with Gasteiger partial charge in [-0.2, -0.15) is 0 Å². The Balaban J connectivity index is 2.73. The van der Waals surface area contributed by atoms with Gasteiger partial charge in [-0.1, -0.05) is 34.1 Å². The first-order chi connectivity index (χ1) is 7.02. The minimum Gasteiger partial charge on any atom is -0.377 e. The summed E-state index contributed by atoms with van der Waals surface area (Å²) in [5.41, 5.74) is 8.37. The lowest BCUT2D eigenvalue weighted by Gasteiger charge is -2.17. The second-order valence-electron chi connectivity index (χ2n) is 3.97. The number of rotatable bonds is 4. The van der Waals surface area contributed by atoms with Gasteiger partial charge in [0.2, 0.25) is 0 Å². The molecule has 1 rings (SSSR count). The van der Waals surface area contributed by atoms with E-state index in [4.69, 9.17) is 10.5 Å². The van der Waals surface area contributed by atoms with Gasteiger partial charge in [0.1, 0.15) is 0 Å². The SMILES string of the molecule is Cc1cccc(C(N)COC(C)C)c1Br. The molecule has 2 nitrogen and oxygen atoms in total. The summed E-state index contributed by atoms with van der Waals surface area (Å²) in [6.07, 6.45) is 0.222. The fourth-order valence-corrected chi connectivity index (χ4v) is 1.90. The summed E-state index contributed by atoms with van der Waals surface area (Å²) in [5, 5.41) is 0. The molecule has 1 aromatic rings. The summed E-state index contributed by atoms with van der Waals surface area (Å²) in [6, 6.07) is 6.04. The van der Waals surface area contributed by atoms with Crippen LogP contribution in [0.25, 0.3) is 0 Å². The molecular formula is C12H18BrNO. The van der Waals surface area contributed by atoms with Gasteiger partial charge in [-0.25, -0.2) is 0 Å². The molecule has 0 aliphatic heterocycles. The Hall–Kier alpha value is -0.380. The number of nitrogens with two attached hydrogens (primary N) is 1. The predicted octanol–water partition coefficient (Wildman–Crippen LogP) is 3.18. The molecule has 0 bridgehead atoms. The first-order valence-corrected chi connectivity index (χ1v) is 5.94. The highest BCUT2D eigenvalue weighted by molar-refractivity contribution is 9.10. The van der Waals surface area contributed by atoms with E-state index in [-0.39, 0.29) is 12.1 Å². The van der Waals surface area contributed by atoms with E-state index in [1.54, 1.807) is 0 Å². The van der Waals surface area contributed by atoms with Gasteiger partial charge in [0.15, 0.2) is 0 Å². The number of benzene rings is 1. The minimum atomic E-state index is -0.0679. The van der Waals surface area contributed by atoms with E-state index in [1.807, 2.05) is 26.0 Å². The van der Waals surface area contributed by atoms with Crippen LogP contribution in [0.2, 0.25) is 0 Å². The van der Waals surface area contributed by atoms with Crippen molar-refractivity contribution in [2.45, 2.75) is 32.9 Å². The van der Waals surface area contributed by atoms with Crippen molar-refractivity contribution < 1.29 is 4.74 Å². The van der Waals surface area contributed by atoms with E-state index >= 15 is 0 Å². The monoisotopic (exact) mass is 271 g/mol. The third kappa shape index (κ3) is 3.59. The summed E-state index contributed by atoms with van der Waals surface area (Å²) < 4.78 is 6.59. The van der Waals surface area contributed by atoms with Gasteiger partial charge in [-0.3, -0.25) is 0 Å². The molecule has 1 unspecified atom stereocenters. The molecule has 3 heteroatoms. The van der Waals surface area contributed by atoms with Gasteiger partial charge in [0, 0.05) is 4.47 Å². The Morgan fingerprint density at radius 3 is 2.67 bits per heavy atom. The van der Waals surface area contributed by atoms with Gasteiger partial charge in [-0.15, -0.1) is 0 Å². The summed E-state index contributed by atoms with van der Waals surface area (Å²) in [4.78, 5) is 0. The van der Waals surface area contributed by atoms with Crippen LogP contribution < -0.4 is 5.73 Å². The van der Waals surface area contributed by atoms with Crippen LogP contribution >= 0.6 is 15.9 Å². The largest absolute Gasteiger partial charge is 0.377 e. The lowest BCUT2D eigenvalue weighted by atomic mass is 10.1. The summed E-state index contributed by atoms with van der Waals surface area (Å²) >= 11 is 3.55. The van der Waals surface area contributed by atoms with Crippen LogP contribution in [0.5, 0.6) is 0 Å². The Morgan fingerprint density at radius 1 is 1.40 bits per heavy atom. The zero-order chi connectivity index (χ0) is 11.4. The zero-order valence-corrected chi connectivity index (χ0v) is 11.0. The summed E-state index contributed by atoms with van der Waals surface area (Å²) in [5.74, 6) is 0. The van der Waals surface area contributed by atoms with Crippen LogP contribution in [0.4, 0.5) is 0 Å². The Bertz CT molecular complexity index is 325. The molecule has 0 aliphatic rings. The van der Waals surface area contributed by atoms with E-state index in [0.29, 0.717) is 6.61 Å². The lowest BCUT2D eigenvalue weighted by Crippen LogP contribution is -2.20. The molecule has 84 valence electrons. The third-order valence-electron chi connectivity index (χ3n) is 2.23. The molecule has 0 aliphatic carbocycles. The quantitative estimate of drug-likeness (QED) is 0.913. The van der Waals surface area contributed by atoms with E-state index in [1.165, 1.54) is 5.56 Å². The van der Waals surface area contributed by atoms with E-state index < -0.39 is 0 Å². The second kappa shape index (κ2) is 5.64. The van der Waals surface area contributed by atoms with Crippen molar-refractivity contribution in [3.05, 3.63) is 33.8 Å². The van der Waals surface area contributed by atoms with Crippen molar-refractivity contribution in [2.24, 2.45) is 5.73 Å². The zero-order valence-electron chi connectivity index (χ0n) is 9.46. The number of hydrogen-bond donors (Lipinski definition) is 1. The van der Waals surface area contributed by atoms with E-state index in [9.17, 15) is 0 Å². The molecule has 0 amide bonds. The number of hydrogen-bond acceptors (Lipinski definition) is 2. The smallest absolute Gasteiger partial charge is 0.0663 e. The Morgan fingerprint density at radius 2 is 2.07 bits per heavy atom. The molecule has 0 aromatic heterocycles. The van der Waals surface area contributed by atoms with Crippen molar-refractivity contribution in [2.75, 3.05) is 6.61 Å². The minimum absolute atomic E-state index is 0.0679. The van der Waals surface area contributed by atoms with Crippen molar-refractivity contribution in [1.29, 1.82) is 0 Å². The highest BCUT2D eigenvalue weighted by Crippen LogP contribution is 2.25.